The van der Waals surface area contributed by atoms with Crippen molar-refractivity contribution in [2.45, 2.75) is 11.2 Å². The molecule has 1 saturated heterocycles. The third kappa shape index (κ3) is 4.75. The summed E-state index contributed by atoms with van der Waals surface area (Å²) in [6.45, 7) is 1.79. The summed E-state index contributed by atoms with van der Waals surface area (Å²) in [7, 11) is 0. The van der Waals surface area contributed by atoms with Crippen LogP contribution in [0.15, 0.2) is 47.6 Å². The zero-order valence-electron chi connectivity index (χ0n) is 14.8. The number of nitrogens with zero attached hydrogens (tertiary/aromatic N) is 4. The molecule has 3 rings (SSSR count). The Labute approximate surface area is 164 Å². The highest BCUT2D eigenvalue weighted by atomic mass is 32.2. The second-order valence-corrected chi connectivity index (χ2v) is 7.14. The van der Waals surface area contributed by atoms with E-state index in [4.69, 9.17) is 5.26 Å². The summed E-state index contributed by atoms with van der Waals surface area (Å²) in [6, 6.07) is 10.6. The number of rotatable bonds is 4. The average molecular weight is 406 g/mol. The predicted molar refractivity (Wildman–Crippen MR) is 99.9 cm³/mol. The van der Waals surface area contributed by atoms with Gasteiger partial charge in [-0.3, -0.25) is 4.79 Å². The van der Waals surface area contributed by atoms with Crippen LogP contribution in [-0.4, -0.2) is 47.7 Å². The largest absolute Gasteiger partial charge is 0.416 e. The zero-order chi connectivity index (χ0) is 20.1. The molecule has 9 heteroatoms. The minimum atomic E-state index is -4.38. The molecule has 146 valence electrons. The maximum absolute atomic E-state index is 12.9. The van der Waals surface area contributed by atoms with Gasteiger partial charge >= 0.3 is 6.18 Å². The van der Waals surface area contributed by atoms with Crippen LogP contribution in [-0.2, 0) is 11.0 Å². The van der Waals surface area contributed by atoms with Crippen LogP contribution in [0.1, 0.15) is 11.1 Å². The minimum absolute atomic E-state index is 0.0803. The third-order valence-electron chi connectivity index (χ3n) is 4.39. The highest BCUT2D eigenvalue weighted by Gasteiger charge is 2.31. The topological polar surface area (TPSA) is 60.2 Å². The van der Waals surface area contributed by atoms with E-state index in [9.17, 15) is 18.0 Å². The molecule has 0 saturated carbocycles. The number of carbonyl (C=O) groups excluding carboxylic acids is 1. The summed E-state index contributed by atoms with van der Waals surface area (Å²) >= 11 is 1.21. The summed E-state index contributed by atoms with van der Waals surface area (Å²) in [6.07, 6.45) is -2.81. The van der Waals surface area contributed by atoms with Gasteiger partial charge in [-0.1, -0.05) is 17.8 Å². The average Bonchev–Trinajstić information content (AvgIpc) is 2.72. The smallest absolute Gasteiger partial charge is 0.368 e. The van der Waals surface area contributed by atoms with Gasteiger partial charge in [-0.15, -0.1) is 0 Å². The Morgan fingerprint density at radius 2 is 1.93 bits per heavy atom. The lowest BCUT2D eigenvalue weighted by atomic mass is 10.1. The van der Waals surface area contributed by atoms with E-state index in [-0.39, 0.29) is 11.7 Å². The molecule has 5 nitrogen and oxygen atoms in total. The van der Waals surface area contributed by atoms with Crippen LogP contribution in [0.5, 0.6) is 0 Å². The molecule has 0 unspecified atom stereocenters. The van der Waals surface area contributed by atoms with Gasteiger partial charge in [0.05, 0.1) is 16.9 Å². The monoisotopic (exact) mass is 406 g/mol. The van der Waals surface area contributed by atoms with Crippen LogP contribution in [0.3, 0.4) is 0 Å². The number of hydrogen-bond acceptors (Lipinski definition) is 5. The summed E-state index contributed by atoms with van der Waals surface area (Å²) in [5.41, 5.74) is 0.252. The Hall–Kier alpha value is -2.73. The quantitative estimate of drug-likeness (QED) is 0.729. The van der Waals surface area contributed by atoms with E-state index < -0.39 is 11.7 Å². The number of benzene rings is 1. The van der Waals surface area contributed by atoms with E-state index in [1.165, 1.54) is 17.8 Å². The lowest BCUT2D eigenvalue weighted by molar-refractivity contribution is -0.137. The number of alkyl halides is 3. The fourth-order valence-corrected chi connectivity index (χ4v) is 3.75. The maximum Gasteiger partial charge on any atom is 0.416 e. The molecule has 1 aromatic heterocycles. The van der Waals surface area contributed by atoms with E-state index in [1.54, 1.807) is 29.3 Å². The molecule has 0 atom stereocenters. The van der Waals surface area contributed by atoms with Crippen LogP contribution >= 0.6 is 11.8 Å². The molecular weight excluding hydrogens is 389 g/mol. The van der Waals surface area contributed by atoms with Gasteiger partial charge in [0.15, 0.2) is 0 Å². The van der Waals surface area contributed by atoms with Crippen molar-refractivity contribution < 1.29 is 18.0 Å². The van der Waals surface area contributed by atoms with E-state index in [0.717, 1.165) is 12.1 Å². The number of piperazine rings is 1. The van der Waals surface area contributed by atoms with Gasteiger partial charge in [-0.25, -0.2) is 4.98 Å². The number of halogens is 3. The lowest BCUT2D eigenvalue weighted by Gasteiger charge is -2.36. The van der Waals surface area contributed by atoms with Crippen molar-refractivity contribution in [2.24, 2.45) is 0 Å². The summed E-state index contributed by atoms with van der Waals surface area (Å²) < 4.78 is 38.6. The molecule has 28 heavy (non-hydrogen) atoms. The Kier molecular flexibility index (Phi) is 6.09. The van der Waals surface area contributed by atoms with Gasteiger partial charge in [0.25, 0.3) is 0 Å². The zero-order valence-corrected chi connectivity index (χ0v) is 15.6. The highest BCUT2D eigenvalue weighted by molar-refractivity contribution is 7.99. The Bertz CT molecular complexity index is 889. The Morgan fingerprint density at radius 3 is 2.61 bits per heavy atom. The second-order valence-electron chi connectivity index (χ2n) is 6.17. The molecular formula is C19H17F3N4OS. The molecule has 0 aliphatic carbocycles. The van der Waals surface area contributed by atoms with Gasteiger partial charge < -0.3 is 9.80 Å². The number of thioether (sulfide) groups is 1. The van der Waals surface area contributed by atoms with E-state index in [2.05, 4.69) is 4.98 Å². The van der Waals surface area contributed by atoms with Crippen molar-refractivity contribution in [3.05, 3.63) is 53.7 Å². The Balaban J connectivity index is 1.55. The lowest BCUT2D eigenvalue weighted by Crippen LogP contribution is -2.49. The fraction of sp³-hybridized carbons (Fsp3) is 0.316. The maximum atomic E-state index is 12.9. The standard InChI is InChI=1S/C19H17F3N4OS/c20-19(21,22)15-4-1-5-16(11-15)25-7-9-26(10-8-25)17(27)13-28-18-14(12-23)3-2-6-24-18/h1-6,11H,7-10,13H2. The van der Waals surface area contributed by atoms with Crippen molar-refractivity contribution in [1.82, 2.24) is 9.88 Å². The third-order valence-corrected chi connectivity index (χ3v) is 5.39. The predicted octanol–water partition coefficient (Wildman–Crippen LogP) is 3.41. The molecule has 2 heterocycles. The van der Waals surface area contributed by atoms with Gasteiger partial charge in [-0.2, -0.15) is 18.4 Å². The number of anilines is 1. The molecule has 0 spiro atoms. The fourth-order valence-electron chi connectivity index (χ4n) is 2.91. The molecule has 1 aliphatic heterocycles. The van der Waals surface area contributed by atoms with E-state index in [0.29, 0.717) is 42.5 Å². The van der Waals surface area contributed by atoms with E-state index >= 15 is 0 Å². The first-order valence-electron chi connectivity index (χ1n) is 8.56. The van der Waals surface area contributed by atoms with Gasteiger partial charge in [-0.05, 0) is 30.3 Å². The normalized spacial score (nSPS) is 14.6. The van der Waals surface area contributed by atoms with Crippen LogP contribution in [0, 0.1) is 11.3 Å². The number of amides is 1. The Morgan fingerprint density at radius 1 is 1.18 bits per heavy atom. The minimum Gasteiger partial charge on any atom is -0.368 e. The summed E-state index contributed by atoms with van der Waals surface area (Å²) in [4.78, 5) is 20.1. The van der Waals surface area contributed by atoms with Crippen LogP contribution < -0.4 is 4.90 Å². The van der Waals surface area contributed by atoms with Gasteiger partial charge in [0, 0.05) is 38.1 Å². The molecule has 1 aliphatic rings. The summed E-state index contributed by atoms with van der Waals surface area (Å²) in [5, 5.41) is 9.58. The van der Waals surface area contributed by atoms with Crippen molar-refractivity contribution in [3.63, 3.8) is 0 Å². The number of hydrogen-bond donors (Lipinski definition) is 0. The first kappa shape index (κ1) is 20.0. The van der Waals surface area contributed by atoms with Crippen LogP contribution in [0.4, 0.5) is 18.9 Å². The molecule has 0 radical (unpaired) electrons. The number of aromatic nitrogens is 1. The van der Waals surface area contributed by atoms with Gasteiger partial charge in [0.2, 0.25) is 5.91 Å². The van der Waals surface area contributed by atoms with Crippen molar-refractivity contribution in [1.29, 1.82) is 5.26 Å². The second kappa shape index (κ2) is 8.52. The molecule has 1 fully saturated rings. The highest BCUT2D eigenvalue weighted by Crippen LogP contribution is 2.32. The molecule has 0 N–H and O–H groups in total. The van der Waals surface area contributed by atoms with E-state index in [1.807, 2.05) is 11.0 Å². The van der Waals surface area contributed by atoms with Crippen LogP contribution in [0.2, 0.25) is 0 Å². The summed E-state index contributed by atoms with van der Waals surface area (Å²) in [5.74, 6) is 0.0816. The van der Waals surface area contributed by atoms with Crippen molar-refractivity contribution in [2.75, 3.05) is 36.8 Å². The van der Waals surface area contributed by atoms with Gasteiger partial charge in [0.1, 0.15) is 11.1 Å². The first-order valence-corrected chi connectivity index (χ1v) is 9.55. The number of carbonyl (C=O) groups is 1. The van der Waals surface area contributed by atoms with Crippen molar-refractivity contribution in [3.8, 4) is 6.07 Å². The SMILES string of the molecule is N#Cc1cccnc1SCC(=O)N1CCN(c2cccc(C(F)(F)F)c2)CC1. The van der Waals surface area contributed by atoms with Crippen molar-refractivity contribution >= 4 is 23.4 Å². The molecule has 0 bridgehead atoms. The molecule has 1 aromatic carbocycles. The molecule has 2 aromatic rings. The number of pyridine rings is 1. The van der Waals surface area contributed by atoms with Crippen LogP contribution in [0.25, 0.3) is 0 Å². The number of nitriles is 1. The first-order chi connectivity index (χ1) is 13.4. The molecule has 1 amide bonds.